The summed E-state index contributed by atoms with van der Waals surface area (Å²) in [6.45, 7) is 5.54. The minimum atomic E-state index is -0.420. The molecule has 3 amide bonds. The number of hydrogen-bond donors (Lipinski definition) is 3. The van der Waals surface area contributed by atoms with Gasteiger partial charge in [0.1, 0.15) is 11.9 Å². The van der Waals surface area contributed by atoms with Crippen molar-refractivity contribution in [3.8, 4) is 16.9 Å². The lowest BCUT2D eigenvalue weighted by Crippen LogP contribution is -2.49. The van der Waals surface area contributed by atoms with Crippen LogP contribution in [0.4, 0.5) is 16.2 Å². The van der Waals surface area contributed by atoms with E-state index in [1.807, 2.05) is 67.6 Å². The number of carbonyl (C=O) groups excluding carboxylic acids is 2. The largest absolute Gasteiger partial charge is 0.488 e. The van der Waals surface area contributed by atoms with Gasteiger partial charge in [0, 0.05) is 36.6 Å². The molecule has 1 aliphatic heterocycles. The molecule has 8 heteroatoms. The second kappa shape index (κ2) is 14.7. The fraction of sp³-hybridized carbons (Fsp3) is 0.250. The number of ether oxygens (including phenoxy) is 1. The average molecular weight is 643 g/mol. The number of nitrogens with zero attached hydrogens (tertiary/aromatic N) is 2. The van der Waals surface area contributed by atoms with Gasteiger partial charge in [-0.05, 0) is 60.3 Å². The molecule has 3 N–H and O–H groups in total. The maximum absolute atomic E-state index is 13.9. The summed E-state index contributed by atoms with van der Waals surface area (Å²) >= 11 is 0. The quantitative estimate of drug-likeness (QED) is 0.155. The van der Waals surface area contributed by atoms with Crippen molar-refractivity contribution in [3.63, 3.8) is 0 Å². The van der Waals surface area contributed by atoms with Crippen LogP contribution in [-0.2, 0) is 6.54 Å². The molecular weight excluding hydrogens is 600 g/mol. The fourth-order valence-electron chi connectivity index (χ4n) is 6.25. The number of benzene rings is 5. The fourth-order valence-corrected chi connectivity index (χ4v) is 6.25. The highest BCUT2D eigenvalue weighted by atomic mass is 16.5. The highest BCUT2D eigenvalue weighted by molar-refractivity contribution is 6.07. The van der Waals surface area contributed by atoms with Crippen molar-refractivity contribution in [3.05, 3.63) is 126 Å². The lowest BCUT2D eigenvalue weighted by Gasteiger charge is -2.38. The molecule has 3 atom stereocenters. The Labute approximate surface area is 282 Å². The number of anilines is 2. The van der Waals surface area contributed by atoms with E-state index in [1.165, 1.54) is 16.7 Å². The number of urea groups is 1. The van der Waals surface area contributed by atoms with Gasteiger partial charge in [0.2, 0.25) is 0 Å². The van der Waals surface area contributed by atoms with E-state index < -0.39 is 12.1 Å². The lowest BCUT2D eigenvalue weighted by molar-refractivity contribution is 0.0341. The summed E-state index contributed by atoms with van der Waals surface area (Å²) in [5, 5.41) is 17.8. The second-order valence-electron chi connectivity index (χ2n) is 12.7. The molecule has 0 aliphatic carbocycles. The summed E-state index contributed by atoms with van der Waals surface area (Å²) in [6.07, 6.45) is -0.229. The molecule has 8 nitrogen and oxygen atoms in total. The minimum Gasteiger partial charge on any atom is -0.488 e. The second-order valence-corrected chi connectivity index (χ2v) is 12.7. The maximum atomic E-state index is 13.9. The van der Waals surface area contributed by atoms with Gasteiger partial charge in [-0.15, -0.1) is 0 Å². The molecule has 0 saturated carbocycles. The zero-order chi connectivity index (χ0) is 33.6. The molecule has 0 bridgehead atoms. The number of nitrogens with one attached hydrogen (secondary N) is 2. The van der Waals surface area contributed by atoms with Crippen molar-refractivity contribution in [2.24, 2.45) is 5.92 Å². The Morgan fingerprint density at radius 3 is 2.40 bits per heavy atom. The molecule has 0 spiro atoms. The molecule has 0 radical (unpaired) electrons. The average Bonchev–Trinajstić information content (AvgIpc) is 3.10. The van der Waals surface area contributed by atoms with Crippen LogP contribution in [0.25, 0.3) is 21.9 Å². The number of amides is 3. The number of fused-ring (bicyclic) bond motifs is 2. The first-order chi connectivity index (χ1) is 23.3. The monoisotopic (exact) mass is 642 g/mol. The third-order valence-corrected chi connectivity index (χ3v) is 8.97. The van der Waals surface area contributed by atoms with Crippen molar-refractivity contribution >= 4 is 34.1 Å². The van der Waals surface area contributed by atoms with Crippen LogP contribution >= 0.6 is 0 Å². The van der Waals surface area contributed by atoms with Gasteiger partial charge in [-0.25, -0.2) is 4.79 Å². The minimum absolute atomic E-state index is 0.0109. The van der Waals surface area contributed by atoms with Gasteiger partial charge in [0.05, 0.1) is 23.9 Å². The standard InChI is InChI=1S/C40H42N4O4/c1-27-23-44(28(2)26-45)39(46)35-22-33(41-40(47)42-36-15-9-13-32-12-7-8-14-34(32)36)20-21-37(35)48-38(27)25-43(3)24-29-16-18-31(19-17-29)30-10-5-4-6-11-30/h4-22,27-28,38,45H,23-26H2,1-3H3,(H2,41,42,47)/t27-,28+,38-/m0/s1. The van der Waals surface area contributed by atoms with Crippen LogP contribution in [0.3, 0.4) is 0 Å². The van der Waals surface area contributed by atoms with E-state index >= 15 is 0 Å². The van der Waals surface area contributed by atoms with Crippen molar-refractivity contribution in [2.45, 2.75) is 32.5 Å². The van der Waals surface area contributed by atoms with Gasteiger partial charge in [0.15, 0.2) is 0 Å². The molecule has 6 rings (SSSR count). The first-order valence-corrected chi connectivity index (χ1v) is 16.4. The molecule has 1 heterocycles. The predicted octanol–water partition coefficient (Wildman–Crippen LogP) is 7.50. The summed E-state index contributed by atoms with van der Waals surface area (Å²) in [5.74, 6) is 0.192. The molecule has 246 valence electrons. The Morgan fingerprint density at radius 2 is 1.62 bits per heavy atom. The van der Waals surface area contributed by atoms with Crippen LogP contribution in [0.2, 0.25) is 0 Å². The highest BCUT2D eigenvalue weighted by Crippen LogP contribution is 2.31. The summed E-state index contributed by atoms with van der Waals surface area (Å²) in [6, 6.07) is 36.9. The predicted molar refractivity (Wildman–Crippen MR) is 192 cm³/mol. The van der Waals surface area contributed by atoms with E-state index in [1.54, 1.807) is 23.1 Å². The van der Waals surface area contributed by atoms with Gasteiger partial charge in [-0.2, -0.15) is 0 Å². The third-order valence-electron chi connectivity index (χ3n) is 8.97. The maximum Gasteiger partial charge on any atom is 0.323 e. The Balaban J connectivity index is 1.19. The molecular formula is C40H42N4O4. The smallest absolute Gasteiger partial charge is 0.323 e. The van der Waals surface area contributed by atoms with E-state index in [0.29, 0.717) is 35.8 Å². The third kappa shape index (κ3) is 7.51. The number of likely N-dealkylation sites (N-methyl/N-ethyl adjacent to an activating group) is 1. The van der Waals surface area contributed by atoms with E-state index in [2.05, 4.69) is 65.9 Å². The van der Waals surface area contributed by atoms with Crippen molar-refractivity contribution < 1.29 is 19.4 Å². The van der Waals surface area contributed by atoms with Crippen molar-refractivity contribution in [2.75, 3.05) is 37.4 Å². The van der Waals surface area contributed by atoms with Gasteiger partial charge in [-0.1, -0.05) is 97.9 Å². The first kappa shape index (κ1) is 32.7. The molecule has 5 aromatic rings. The van der Waals surface area contributed by atoms with E-state index in [4.69, 9.17) is 4.74 Å². The summed E-state index contributed by atoms with van der Waals surface area (Å²) in [4.78, 5) is 30.9. The normalized spacial score (nSPS) is 16.9. The van der Waals surface area contributed by atoms with E-state index in [0.717, 1.165) is 17.3 Å². The van der Waals surface area contributed by atoms with Crippen LogP contribution < -0.4 is 15.4 Å². The van der Waals surface area contributed by atoms with Gasteiger partial charge in [-0.3, -0.25) is 9.69 Å². The first-order valence-electron chi connectivity index (χ1n) is 16.4. The number of aliphatic hydroxyl groups excluding tert-OH is 1. The zero-order valence-electron chi connectivity index (χ0n) is 27.6. The van der Waals surface area contributed by atoms with Gasteiger partial charge >= 0.3 is 6.03 Å². The highest BCUT2D eigenvalue weighted by Gasteiger charge is 2.33. The Kier molecular flexibility index (Phi) is 10.0. The van der Waals surface area contributed by atoms with Crippen molar-refractivity contribution in [1.29, 1.82) is 0 Å². The number of aliphatic hydroxyl groups is 1. The topological polar surface area (TPSA) is 94.1 Å². The molecule has 1 aliphatic rings. The summed E-state index contributed by atoms with van der Waals surface area (Å²) in [5.41, 5.74) is 5.05. The Hall–Kier alpha value is -5.18. The van der Waals surface area contributed by atoms with Crippen LogP contribution in [0, 0.1) is 5.92 Å². The SMILES string of the molecule is C[C@H](CO)N1C[C@H](C)[C@H](CN(C)Cc2ccc(-c3ccccc3)cc2)Oc2ccc(NC(=O)Nc3cccc4ccccc34)cc2C1=O. The molecule has 48 heavy (non-hydrogen) atoms. The summed E-state index contributed by atoms with van der Waals surface area (Å²) < 4.78 is 6.59. The summed E-state index contributed by atoms with van der Waals surface area (Å²) in [7, 11) is 2.07. The molecule has 0 unspecified atom stereocenters. The van der Waals surface area contributed by atoms with Crippen molar-refractivity contribution in [1.82, 2.24) is 9.80 Å². The van der Waals surface area contributed by atoms with Crippen LogP contribution in [0.15, 0.2) is 115 Å². The lowest BCUT2D eigenvalue weighted by atomic mass is 9.99. The Bertz CT molecular complexity index is 1870. The molecule has 0 aromatic heterocycles. The molecule has 0 fully saturated rings. The molecule has 0 saturated heterocycles. The zero-order valence-corrected chi connectivity index (χ0v) is 27.6. The van der Waals surface area contributed by atoms with Crippen LogP contribution in [-0.4, -0.2) is 65.7 Å². The van der Waals surface area contributed by atoms with Gasteiger partial charge < -0.3 is 25.4 Å². The number of rotatable bonds is 9. The Morgan fingerprint density at radius 1 is 0.917 bits per heavy atom. The van der Waals surface area contributed by atoms with Crippen LogP contribution in [0.5, 0.6) is 5.75 Å². The van der Waals surface area contributed by atoms with Gasteiger partial charge in [0.25, 0.3) is 5.91 Å². The number of hydrogen-bond acceptors (Lipinski definition) is 5. The van der Waals surface area contributed by atoms with E-state index in [9.17, 15) is 14.7 Å². The number of carbonyl (C=O) groups is 2. The van der Waals surface area contributed by atoms with Crippen LogP contribution in [0.1, 0.15) is 29.8 Å². The van der Waals surface area contributed by atoms with E-state index in [-0.39, 0.29) is 24.5 Å². The molecule has 5 aromatic carbocycles.